The molecule has 1 saturated carbocycles. The summed E-state index contributed by atoms with van der Waals surface area (Å²) in [5.41, 5.74) is 6.24. The van der Waals surface area contributed by atoms with Gasteiger partial charge in [0.25, 0.3) is 0 Å². The van der Waals surface area contributed by atoms with Crippen molar-refractivity contribution in [3.05, 3.63) is 12.7 Å². The van der Waals surface area contributed by atoms with E-state index in [4.69, 9.17) is 19.9 Å². The molecule has 2 aromatic heterocycles. The highest BCUT2D eigenvalue weighted by atomic mass is 16.8. The van der Waals surface area contributed by atoms with Crippen molar-refractivity contribution in [3.8, 4) is 0 Å². The molecule has 4 atom stereocenters. The van der Waals surface area contributed by atoms with Crippen LogP contribution in [0.1, 0.15) is 38.8 Å². The van der Waals surface area contributed by atoms with E-state index in [-0.39, 0.29) is 12.7 Å². The van der Waals surface area contributed by atoms with Crippen LogP contribution in [0.4, 0.5) is 5.82 Å². The van der Waals surface area contributed by atoms with Crippen LogP contribution in [0.25, 0.3) is 11.2 Å². The molecule has 5 rings (SSSR count). The average Bonchev–Trinajstić information content (AvgIpc) is 3.32. The molecule has 25 heavy (non-hydrogen) atoms. The summed E-state index contributed by atoms with van der Waals surface area (Å²) >= 11 is 0. The van der Waals surface area contributed by atoms with Gasteiger partial charge < -0.3 is 25.1 Å². The highest BCUT2D eigenvalue weighted by Crippen LogP contribution is 2.55. The van der Waals surface area contributed by atoms with Gasteiger partial charge in [-0.15, -0.1) is 0 Å². The maximum absolute atomic E-state index is 9.80. The average molecular weight is 347 g/mol. The van der Waals surface area contributed by atoms with Gasteiger partial charge in [0.15, 0.2) is 23.5 Å². The van der Waals surface area contributed by atoms with Crippen LogP contribution in [-0.4, -0.2) is 54.8 Å². The van der Waals surface area contributed by atoms with Crippen molar-refractivity contribution in [1.29, 1.82) is 0 Å². The third-order valence-electron chi connectivity index (χ3n) is 5.63. The summed E-state index contributed by atoms with van der Waals surface area (Å²) in [5.74, 6) is -0.253. The zero-order chi connectivity index (χ0) is 17.2. The van der Waals surface area contributed by atoms with Crippen LogP contribution in [0, 0.1) is 0 Å². The number of aliphatic hydroxyl groups is 1. The lowest BCUT2D eigenvalue weighted by molar-refractivity contribution is -0.231. The van der Waals surface area contributed by atoms with Gasteiger partial charge in [-0.3, -0.25) is 4.57 Å². The van der Waals surface area contributed by atoms with E-state index in [1.165, 1.54) is 6.33 Å². The zero-order valence-corrected chi connectivity index (χ0v) is 14.0. The van der Waals surface area contributed by atoms with E-state index in [1.54, 1.807) is 10.9 Å². The number of aromatic nitrogens is 4. The molecule has 9 nitrogen and oxygen atoms in total. The van der Waals surface area contributed by atoms with Gasteiger partial charge in [-0.05, 0) is 19.8 Å². The van der Waals surface area contributed by atoms with Crippen LogP contribution in [0.2, 0.25) is 0 Å². The van der Waals surface area contributed by atoms with Gasteiger partial charge in [-0.25, -0.2) is 15.0 Å². The number of rotatable bonds is 2. The van der Waals surface area contributed by atoms with E-state index in [9.17, 15) is 5.11 Å². The number of nitrogens with two attached hydrogens (primary N) is 1. The standard InChI is InChI=1S/C16H21N5O4/c1-15-11(24-16(25-15)4-2-3-5-16)9(6-22)23-14(15)21-8-20-10-12(17)18-7-19-13(10)21/h7-9,11,14,22H,2-6H2,1H3,(H2,17,18,19). The van der Waals surface area contributed by atoms with E-state index in [0.29, 0.717) is 17.0 Å². The molecule has 9 heteroatoms. The predicted molar refractivity (Wildman–Crippen MR) is 86.3 cm³/mol. The number of nitrogens with zero attached hydrogens (tertiary/aromatic N) is 4. The summed E-state index contributed by atoms with van der Waals surface area (Å²) in [4.78, 5) is 12.6. The lowest BCUT2D eigenvalue weighted by Gasteiger charge is -2.31. The zero-order valence-electron chi connectivity index (χ0n) is 14.0. The maximum atomic E-state index is 9.80. The molecule has 0 bridgehead atoms. The van der Waals surface area contributed by atoms with Gasteiger partial charge in [0.05, 0.1) is 12.9 Å². The Balaban J connectivity index is 1.60. The molecule has 2 aromatic rings. The molecule has 1 spiro atoms. The third-order valence-corrected chi connectivity index (χ3v) is 5.63. The minimum absolute atomic E-state index is 0.139. The highest BCUT2D eigenvalue weighted by Gasteiger charge is 2.66. The molecule has 2 saturated heterocycles. The third kappa shape index (κ3) is 2.00. The first-order valence-electron chi connectivity index (χ1n) is 8.64. The van der Waals surface area contributed by atoms with Gasteiger partial charge in [0, 0.05) is 12.8 Å². The topological polar surface area (TPSA) is 118 Å². The molecule has 0 radical (unpaired) electrons. The summed E-state index contributed by atoms with van der Waals surface area (Å²) in [5, 5.41) is 9.80. The minimum Gasteiger partial charge on any atom is -0.394 e. The Morgan fingerprint density at radius 1 is 1.32 bits per heavy atom. The van der Waals surface area contributed by atoms with Gasteiger partial charge in [0.2, 0.25) is 0 Å². The molecule has 4 heterocycles. The van der Waals surface area contributed by atoms with E-state index in [0.717, 1.165) is 25.7 Å². The van der Waals surface area contributed by atoms with Crippen molar-refractivity contribution in [2.45, 2.75) is 62.4 Å². The molecule has 3 fully saturated rings. The Morgan fingerprint density at radius 2 is 2.12 bits per heavy atom. The van der Waals surface area contributed by atoms with Crippen LogP contribution in [-0.2, 0) is 14.2 Å². The number of aliphatic hydroxyl groups excluding tert-OH is 1. The number of anilines is 1. The van der Waals surface area contributed by atoms with Gasteiger partial charge in [0.1, 0.15) is 29.7 Å². The van der Waals surface area contributed by atoms with Crippen LogP contribution in [0.15, 0.2) is 12.7 Å². The molecule has 3 N–H and O–H groups in total. The van der Waals surface area contributed by atoms with E-state index >= 15 is 0 Å². The Kier molecular flexibility index (Phi) is 3.15. The molecule has 134 valence electrons. The van der Waals surface area contributed by atoms with Crippen molar-refractivity contribution in [2.24, 2.45) is 0 Å². The van der Waals surface area contributed by atoms with Crippen molar-refractivity contribution >= 4 is 17.0 Å². The van der Waals surface area contributed by atoms with Gasteiger partial charge in [-0.2, -0.15) is 0 Å². The first-order chi connectivity index (χ1) is 12.1. The fourth-order valence-electron chi connectivity index (χ4n) is 4.50. The molecule has 4 unspecified atom stereocenters. The molecule has 2 aliphatic heterocycles. The monoisotopic (exact) mass is 347 g/mol. The molecule has 0 aromatic carbocycles. The summed E-state index contributed by atoms with van der Waals surface area (Å²) in [6.07, 6.45) is 5.58. The first-order valence-corrected chi connectivity index (χ1v) is 8.64. The van der Waals surface area contributed by atoms with Crippen LogP contribution < -0.4 is 5.73 Å². The normalized spacial score (nSPS) is 36.5. The minimum atomic E-state index is -0.745. The summed E-state index contributed by atoms with van der Waals surface area (Å²) in [7, 11) is 0. The van der Waals surface area contributed by atoms with Crippen molar-refractivity contribution < 1.29 is 19.3 Å². The number of imidazole rings is 1. The number of hydrogen-bond acceptors (Lipinski definition) is 8. The largest absolute Gasteiger partial charge is 0.394 e. The van der Waals surface area contributed by atoms with E-state index in [1.807, 2.05) is 6.92 Å². The lowest BCUT2D eigenvalue weighted by atomic mass is 9.96. The van der Waals surface area contributed by atoms with E-state index in [2.05, 4.69) is 15.0 Å². The number of nitrogen functional groups attached to an aromatic ring is 1. The predicted octanol–water partition coefficient (Wildman–Crippen LogP) is 0.743. The molecule has 3 aliphatic rings. The maximum Gasteiger partial charge on any atom is 0.170 e. The summed E-state index contributed by atoms with van der Waals surface area (Å²) in [6.45, 7) is 1.83. The SMILES string of the molecule is CC12OC3(CCCC3)OC1C(CO)OC2n1cnc2c(N)ncnc21. The van der Waals surface area contributed by atoms with Crippen LogP contribution in [0.5, 0.6) is 0 Å². The smallest absolute Gasteiger partial charge is 0.170 e. The van der Waals surface area contributed by atoms with Gasteiger partial charge in [-0.1, -0.05) is 0 Å². The second-order valence-corrected chi connectivity index (χ2v) is 7.23. The fraction of sp³-hybridized carbons (Fsp3) is 0.688. The van der Waals surface area contributed by atoms with Crippen molar-refractivity contribution in [1.82, 2.24) is 19.5 Å². The Bertz CT molecular complexity index is 820. The van der Waals surface area contributed by atoms with Gasteiger partial charge >= 0.3 is 0 Å². The van der Waals surface area contributed by atoms with Crippen LogP contribution in [0.3, 0.4) is 0 Å². The second kappa shape index (κ2) is 5.10. The number of hydrogen-bond donors (Lipinski definition) is 2. The molecule has 0 amide bonds. The molecular formula is C16H21N5O4. The first kappa shape index (κ1) is 15.4. The van der Waals surface area contributed by atoms with E-state index < -0.39 is 23.7 Å². The quantitative estimate of drug-likeness (QED) is 0.817. The Labute approximate surface area is 144 Å². The highest BCUT2D eigenvalue weighted by molar-refractivity contribution is 5.81. The Morgan fingerprint density at radius 3 is 2.88 bits per heavy atom. The number of fused-ring (bicyclic) bond motifs is 2. The summed E-state index contributed by atoms with van der Waals surface area (Å²) < 4.78 is 20.7. The molecular weight excluding hydrogens is 326 g/mol. The van der Waals surface area contributed by atoms with Crippen molar-refractivity contribution in [2.75, 3.05) is 12.3 Å². The second-order valence-electron chi connectivity index (χ2n) is 7.23. The lowest BCUT2D eigenvalue weighted by Crippen LogP contribution is -2.42. The molecule has 1 aliphatic carbocycles. The van der Waals surface area contributed by atoms with Crippen molar-refractivity contribution in [3.63, 3.8) is 0 Å². The Hall–Kier alpha value is -1.81. The summed E-state index contributed by atoms with van der Waals surface area (Å²) in [6, 6.07) is 0. The van der Waals surface area contributed by atoms with Crippen LogP contribution >= 0.6 is 0 Å². The fourth-order valence-corrected chi connectivity index (χ4v) is 4.50. The number of ether oxygens (including phenoxy) is 3.